The molecule has 0 aliphatic carbocycles. The van der Waals surface area contributed by atoms with E-state index in [-0.39, 0.29) is 5.91 Å². The fourth-order valence-electron chi connectivity index (χ4n) is 1.53. The third-order valence-electron chi connectivity index (χ3n) is 2.56. The molecular formula is C14H22N2O3. The van der Waals surface area contributed by atoms with Gasteiger partial charge in [-0.05, 0) is 31.5 Å². The normalized spacial score (nSPS) is 10.0. The summed E-state index contributed by atoms with van der Waals surface area (Å²) in [4.78, 5) is 11.4. The highest BCUT2D eigenvalue weighted by molar-refractivity contribution is 5.75. The maximum Gasteiger partial charge on any atom is 0.220 e. The van der Waals surface area contributed by atoms with E-state index in [4.69, 9.17) is 15.2 Å². The number of carbonyl (C=O) groups excluding carboxylic acids is 1. The molecule has 0 bridgehead atoms. The van der Waals surface area contributed by atoms with E-state index in [1.165, 1.54) is 0 Å². The zero-order valence-electron chi connectivity index (χ0n) is 11.4. The standard InChI is InChI=1S/C14H22N2O3/c1-18-12-5-2-6-13(11-12)19-10-3-7-14(17)16-9-4-8-15/h2,5-6,11H,3-4,7-10,15H2,1H3,(H,16,17). The van der Waals surface area contributed by atoms with Crippen molar-refractivity contribution in [2.75, 3.05) is 26.8 Å². The number of benzene rings is 1. The minimum Gasteiger partial charge on any atom is -0.497 e. The highest BCUT2D eigenvalue weighted by Gasteiger charge is 2.01. The van der Waals surface area contributed by atoms with Crippen molar-refractivity contribution in [1.29, 1.82) is 0 Å². The van der Waals surface area contributed by atoms with Crippen LogP contribution < -0.4 is 20.5 Å². The van der Waals surface area contributed by atoms with Crippen molar-refractivity contribution in [3.63, 3.8) is 0 Å². The quantitative estimate of drug-likeness (QED) is 0.661. The van der Waals surface area contributed by atoms with Gasteiger partial charge in [0.05, 0.1) is 13.7 Å². The minimum absolute atomic E-state index is 0.0442. The fraction of sp³-hybridized carbons (Fsp3) is 0.500. The van der Waals surface area contributed by atoms with Crippen LogP contribution in [0.3, 0.4) is 0 Å². The number of rotatable bonds is 9. The molecule has 0 aliphatic rings. The second-order valence-corrected chi connectivity index (χ2v) is 4.12. The topological polar surface area (TPSA) is 73.6 Å². The van der Waals surface area contributed by atoms with Gasteiger partial charge in [-0.1, -0.05) is 6.07 Å². The molecule has 5 heteroatoms. The van der Waals surface area contributed by atoms with E-state index in [2.05, 4.69) is 5.32 Å². The van der Waals surface area contributed by atoms with Crippen molar-refractivity contribution in [3.05, 3.63) is 24.3 Å². The Labute approximate surface area is 114 Å². The summed E-state index contributed by atoms with van der Waals surface area (Å²) in [6.45, 7) is 1.75. The summed E-state index contributed by atoms with van der Waals surface area (Å²) in [5.41, 5.74) is 5.34. The van der Waals surface area contributed by atoms with Crippen LogP contribution in [0.25, 0.3) is 0 Å². The van der Waals surface area contributed by atoms with Crippen LogP contribution >= 0.6 is 0 Å². The van der Waals surface area contributed by atoms with Crippen molar-refractivity contribution in [2.24, 2.45) is 5.73 Å². The number of carbonyl (C=O) groups is 1. The molecule has 1 aromatic carbocycles. The van der Waals surface area contributed by atoms with Crippen LogP contribution in [0.4, 0.5) is 0 Å². The Kier molecular flexibility index (Phi) is 7.43. The van der Waals surface area contributed by atoms with Gasteiger partial charge in [-0.2, -0.15) is 0 Å². The first-order chi connectivity index (χ1) is 9.26. The zero-order chi connectivity index (χ0) is 13.9. The monoisotopic (exact) mass is 266 g/mol. The van der Waals surface area contributed by atoms with Crippen LogP contribution in [0.1, 0.15) is 19.3 Å². The Morgan fingerprint density at radius 3 is 2.84 bits per heavy atom. The first-order valence-corrected chi connectivity index (χ1v) is 6.50. The van der Waals surface area contributed by atoms with Crippen molar-refractivity contribution >= 4 is 5.91 Å². The van der Waals surface area contributed by atoms with Gasteiger partial charge in [-0.15, -0.1) is 0 Å². The number of hydrogen-bond acceptors (Lipinski definition) is 4. The lowest BCUT2D eigenvalue weighted by Crippen LogP contribution is -2.26. The molecule has 0 saturated carbocycles. The summed E-state index contributed by atoms with van der Waals surface area (Å²) in [6, 6.07) is 7.41. The number of ether oxygens (including phenoxy) is 2. The van der Waals surface area contributed by atoms with Gasteiger partial charge >= 0.3 is 0 Å². The SMILES string of the molecule is COc1cccc(OCCCC(=O)NCCCN)c1. The fourth-order valence-corrected chi connectivity index (χ4v) is 1.53. The van der Waals surface area contributed by atoms with Crippen molar-refractivity contribution in [2.45, 2.75) is 19.3 Å². The Morgan fingerprint density at radius 2 is 2.11 bits per heavy atom. The number of methoxy groups -OCH3 is 1. The lowest BCUT2D eigenvalue weighted by Gasteiger charge is -2.08. The minimum atomic E-state index is 0.0442. The average molecular weight is 266 g/mol. The average Bonchev–Trinajstić information content (AvgIpc) is 2.44. The van der Waals surface area contributed by atoms with E-state index in [0.717, 1.165) is 17.9 Å². The van der Waals surface area contributed by atoms with Gasteiger partial charge in [0, 0.05) is 19.0 Å². The van der Waals surface area contributed by atoms with Crippen LogP contribution in [0, 0.1) is 0 Å². The number of amides is 1. The molecule has 0 radical (unpaired) electrons. The van der Waals surface area contributed by atoms with Gasteiger partial charge in [0.15, 0.2) is 0 Å². The Bertz CT molecular complexity index is 383. The van der Waals surface area contributed by atoms with Gasteiger partial charge < -0.3 is 20.5 Å². The van der Waals surface area contributed by atoms with E-state index >= 15 is 0 Å². The molecule has 106 valence electrons. The summed E-state index contributed by atoms with van der Waals surface area (Å²) in [6.07, 6.45) is 1.96. The molecule has 3 N–H and O–H groups in total. The summed E-state index contributed by atoms with van der Waals surface area (Å²) in [5, 5.41) is 2.81. The first-order valence-electron chi connectivity index (χ1n) is 6.50. The molecule has 1 amide bonds. The summed E-state index contributed by atoms with van der Waals surface area (Å²) in [5.74, 6) is 1.56. The highest BCUT2D eigenvalue weighted by atomic mass is 16.5. The summed E-state index contributed by atoms with van der Waals surface area (Å²) in [7, 11) is 1.62. The van der Waals surface area contributed by atoms with E-state index in [1.54, 1.807) is 7.11 Å². The van der Waals surface area contributed by atoms with Crippen LogP contribution in [0.15, 0.2) is 24.3 Å². The molecule has 0 heterocycles. The Morgan fingerprint density at radius 1 is 1.32 bits per heavy atom. The lowest BCUT2D eigenvalue weighted by atomic mass is 10.3. The molecule has 19 heavy (non-hydrogen) atoms. The first kappa shape index (κ1) is 15.3. The van der Waals surface area contributed by atoms with Crippen LogP contribution in [-0.2, 0) is 4.79 Å². The largest absolute Gasteiger partial charge is 0.497 e. The Hall–Kier alpha value is -1.75. The third kappa shape index (κ3) is 6.67. The second-order valence-electron chi connectivity index (χ2n) is 4.12. The lowest BCUT2D eigenvalue weighted by molar-refractivity contribution is -0.121. The van der Waals surface area contributed by atoms with Gasteiger partial charge in [-0.25, -0.2) is 0 Å². The predicted molar refractivity (Wildman–Crippen MR) is 74.4 cm³/mol. The second kappa shape index (κ2) is 9.22. The van der Waals surface area contributed by atoms with Crippen molar-refractivity contribution in [1.82, 2.24) is 5.32 Å². The van der Waals surface area contributed by atoms with Gasteiger partial charge in [0.1, 0.15) is 11.5 Å². The molecular weight excluding hydrogens is 244 g/mol. The molecule has 0 saturated heterocycles. The van der Waals surface area contributed by atoms with Crippen LogP contribution in [0.5, 0.6) is 11.5 Å². The van der Waals surface area contributed by atoms with E-state index < -0.39 is 0 Å². The van der Waals surface area contributed by atoms with E-state index in [0.29, 0.717) is 32.5 Å². The van der Waals surface area contributed by atoms with Gasteiger partial charge in [-0.3, -0.25) is 4.79 Å². The van der Waals surface area contributed by atoms with Crippen molar-refractivity contribution in [3.8, 4) is 11.5 Å². The van der Waals surface area contributed by atoms with Crippen LogP contribution in [-0.4, -0.2) is 32.7 Å². The van der Waals surface area contributed by atoms with Gasteiger partial charge in [0.25, 0.3) is 0 Å². The molecule has 0 aromatic heterocycles. The highest BCUT2D eigenvalue weighted by Crippen LogP contribution is 2.18. The third-order valence-corrected chi connectivity index (χ3v) is 2.56. The smallest absolute Gasteiger partial charge is 0.220 e. The molecule has 0 atom stereocenters. The predicted octanol–water partition coefficient (Wildman–Crippen LogP) is 1.32. The number of nitrogens with two attached hydrogens (primary N) is 1. The van der Waals surface area contributed by atoms with Gasteiger partial charge in [0.2, 0.25) is 5.91 Å². The van der Waals surface area contributed by atoms with E-state index in [1.807, 2.05) is 24.3 Å². The summed E-state index contributed by atoms with van der Waals surface area (Å²) >= 11 is 0. The molecule has 1 aromatic rings. The maximum absolute atomic E-state index is 11.4. The number of hydrogen-bond donors (Lipinski definition) is 2. The molecule has 0 aliphatic heterocycles. The Balaban J connectivity index is 2.14. The molecule has 0 fully saturated rings. The maximum atomic E-state index is 11.4. The number of nitrogens with one attached hydrogen (secondary N) is 1. The van der Waals surface area contributed by atoms with Crippen LogP contribution in [0.2, 0.25) is 0 Å². The molecule has 5 nitrogen and oxygen atoms in total. The molecule has 0 unspecified atom stereocenters. The summed E-state index contributed by atoms with van der Waals surface area (Å²) < 4.78 is 10.6. The van der Waals surface area contributed by atoms with E-state index in [9.17, 15) is 4.79 Å². The van der Waals surface area contributed by atoms with Crippen molar-refractivity contribution < 1.29 is 14.3 Å². The molecule has 0 spiro atoms. The zero-order valence-corrected chi connectivity index (χ0v) is 11.4. The molecule has 1 rings (SSSR count).